The molecule has 1 aliphatic rings. The van der Waals surface area contributed by atoms with Crippen LogP contribution in [0.4, 0.5) is 13.2 Å². The fraction of sp³-hybridized carbons (Fsp3) is 0.267. The van der Waals surface area contributed by atoms with E-state index in [1.807, 2.05) is 0 Å². The molecule has 0 amide bonds. The van der Waals surface area contributed by atoms with Gasteiger partial charge >= 0.3 is 0 Å². The number of benzene rings is 1. The first kappa shape index (κ1) is 14.0. The highest BCUT2D eigenvalue weighted by atomic mass is 19.1. The second-order valence-corrected chi connectivity index (χ2v) is 5.54. The van der Waals surface area contributed by atoms with Crippen LogP contribution in [0.15, 0.2) is 35.4 Å². The minimum absolute atomic E-state index is 0.107. The monoisotopic (exact) mass is 320 g/mol. The van der Waals surface area contributed by atoms with Gasteiger partial charge in [0.15, 0.2) is 5.52 Å². The molecule has 1 aromatic carbocycles. The van der Waals surface area contributed by atoms with Gasteiger partial charge in [0.1, 0.15) is 17.8 Å². The maximum atomic E-state index is 13.7. The van der Waals surface area contributed by atoms with Crippen molar-refractivity contribution in [1.82, 2.24) is 19.6 Å². The summed E-state index contributed by atoms with van der Waals surface area (Å²) in [4.78, 5) is 12.3. The number of rotatable bonds is 3. The molecule has 0 saturated heterocycles. The minimum atomic E-state index is -1.06. The molecule has 1 saturated carbocycles. The summed E-state index contributed by atoms with van der Waals surface area (Å²) >= 11 is 0. The van der Waals surface area contributed by atoms with Gasteiger partial charge in [0, 0.05) is 23.6 Å². The summed E-state index contributed by atoms with van der Waals surface area (Å²) in [5.74, 6) is -1.36. The summed E-state index contributed by atoms with van der Waals surface area (Å²) in [7, 11) is 0. The van der Waals surface area contributed by atoms with Crippen molar-refractivity contribution in [3.05, 3.63) is 58.1 Å². The predicted octanol–water partition coefficient (Wildman–Crippen LogP) is 2.20. The summed E-state index contributed by atoms with van der Waals surface area (Å²) in [6.45, 7) is -0.151. The SMILES string of the molecule is O=c1c2nn(Cc3c(F)cccc3F)cc2cnn1[C@@H]1C[C@H]1F. The van der Waals surface area contributed by atoms with Crippen LogP contribution in [0.5, 0.6) is 0 Å². The van der Waals surface area contributed by atoms with Crippen LogP contribution in [0.25, 0.3) is 10.9 Å². The molecular formula is C15H11F3N4O. The van der Waals surface area contributed by atoms with Gasteiger partial charge in [0.05, 0.1) is 18.8 Å². The van der Waals surface area contributed by atoms with Gasteiger partial charge in [-0.15, -0.1) is 0 Å². The minimum Gasteiger partial charge on any atom is -0.267 e. The third kappa shape index (κ3) is 2.30. The highest BCUT2D eigenvalue weighted by molar-refractivity contribution is 5.75. The molecule has 8 heteroatoms. The summed E-state index contributed by atoms with van der Waals surface area (Å²) in [6, 6.07) is 3.05. The van der Waals surface area contributed by atoms with Crippen molar-refractivity contribution in [3.8, 4) is 0 Å². The molecule has 0 spiro atoms. The first-order valence-corrected chi connectivity index (χ1v) is 7.06. The molecule has 0 aliphatic heterocycles. The van der Waals surface area contributed by atoms with Gasteiger partial charge in [-0.3, -0.25) is 9.48 Å². The van der Waals surface area contributed by atoms with Gasteiger partial charge in [0.2, 0.25) is 0 Å². The largest absolute Gasteiger partial charge is 0.295 e. The zero-order valence-electron chi connectivity index (χ0n) is 11.8. The van der Waals surface area contributed by atoms with E-state index in [2.05, 4.69) is 10.2 Å². The molecule has 5 nitrogen and oxygen atoms in total. The van der Waals surface area contributed by atoms with Crippen molar-refractivity contribution in [2.24, 2.45) is 0 Å². The Morgan fingerprint density at radius 2 is 1.96 bits per heavy atom. The number of aromatic nitrogens is 4. The van der Waals surface area contributed by atoms with Gasteiger partial charge in [-0.2, -0.15) is 10.2 Å². The van der Waals surface area contributed by atoms with Crippen LogP contribution in [0.2, 0.25) is 0 Å². The molecule has 2 atom stereocenters. The number of hydrogen-bond donors (Lipinski definition) is 0. The summed E-state index contributed by atoms with van der Waals surface area (Å²) in [5, 5.41) is 8.45. The van der Waals surface area contributed by atoms with Crippen molar-refractivity contribution in [2.45, 2.75) is 25.2 Å². The fourth-order valence-corrected chi connectivity index (χ4v) is 2.55. The Morgan fingerprint density at radius 3 is 2.61 bits per heavy atom. The molecule has 0 radical (unpaired) electrons. The van der Waals surface area contributed by atoms with Crippen LogP contribution in [0, 0.1) is 11.6 Å². The molecule has 23 heavy (non-hydrogen) atoms. The Bertz CT molecular complexity index is 945. The quantitative estimate of drug-likeness (QED) is 0.743. The van der Waals surface area contributed by atoms with Crippen molar-refractivity contribution >= 4 is 10.9 Å². The van der Waals surface area contributed by atoms with E-state index < -0.39 is 29.4 Å². The molecule has 0 bridgehead atoms. The van der Waals surface area contributed by atoms with Crippen LogP contribution in [0.3, 0.4) is 0 Å². The van der Waals surface area contributed by atoms with E-state index in [0.717, 1.165) is 16.8 Å². The molecule has 0 N–H and O–H groups in total. The maximum absolute atomic E-state index is 13.7. The zero-order valence-corrected chi connectivity index (χ0v) is 11.8. The zero-order chi connectivity index (χ0) is 16.1. The van der Waals surface area contributed by atoms with Crippen LogP contribution >= 0.6 is 0 Å². The standard InChI is InChI=1S/C15H11F3N4O/c16-10-2-1-3-11(17)9(10)7-21-6-8-5-19-22(13-4-12(13)18)15(23)14(8)20-21/h1-3,5-6,12-13H,4,7H2/t12-,13-/m1/s1. The number of alkyl halides is 1. The van der Waals surface area contributed by atoms with Gasteiger partial charge in [-0.1, -0.05) is 6.07 Å². The lowest BCUT2D eigenvalue weighted by atomic mass is 10.2. The third-order valence-corrected chi connectivity index (χ3v) is 3.90. The molecule has 3 aromatic rings. The Kier molecular flexibility index (Phi) is 3.00. The van der Waals surface area contributed by atoms with E-state index in [9.17, 15) is 18.0 Å². The first-order chi connectivity index (χ1) is 11.0. The molecule has 4 rings (SSSR count). The first-order valence-electron chi connectivity index (χ1n) is 7.06. The average molecular weight is 320 g/mol. The van der Waals surface area contributed by atoms with E-state index >= 15 is 0 Å². The lowest BCUT2D eigenvalue weighted by Crippen LogP contribution is -2.22. The highest BCUT2D eigenvalue weighted by Crippen LogP contribution is 2.37. The second-order valence-electron chi connectivity index (χ2n) is 5.54. The average Bonchev–Trinajstić information content (AvgIpc) is 3.08. The normalized spacial score (nSPS) is 20.1. The molecule has 0 unspecified atom stereocenters. The number of halogens is 3. The lowest BCUT2D eigenvalue weighted by molar-refractivity contribution is 0.423. The van der Waals surface area contributed by atoms with E-state index in [1.165, 1.54) is 23.1 Å². The predicted molar refractivity (Wildman–Crippen MR) is 75.8 cm³/mol. The molecule has 1 fully saturated rings. The Labute approximate surface area is 128 Å². The van der Waals surface area contributed by atoms with Crippen LogP contribution in [0.1, 0.15) is 18.0 Å². The van der Waals surface area contributed by atoms with Crippen LogP contribution < -0.4 is 5.56 Å². The summed E-state index contributed by atoms with van der Waals surface area (Å²) in [5.41, 5.74) is -0.532. The lowest BCUT2D eigenvalue weighted by Gasteiger charge is -2.04. The second kappa shape index (κ2) is 4.94. The summed E-state index contributed by atoms with van der Waals surface area (Å²) < 4.78 is 42.9. The number of nitrogens with zero attached hydrogens (tertiary/aromatic N) is 4. The Morgan fingerprint density at radius 1 is 1.26 bits per heavy atom. The molecule has 1 aliphatic carbocycles. The smallest absolute Gasteiger partial charge is 0.267 e. The third-order valence-electron chi connectivity index (χ3n) is 3.90. The van der Waals surface area contributed by atoms with Crippen molar-refractivity contribution in [3.63, 3.8) is 0 Å². The summed E-state index contributed by atoms with van der Waals surface area (Å²) in [6.07, 6.45) is 2.09. The fourth-order valence-electron chi connectivity index (χ4n) is 2.55. The molecular weight excluding hydrogens is 309 g/mol. The molecule has 118 valence electrons. The van der Waals surface area contributed by atoms with Gasteiger partial charge in [0.25, 0.3) is 5.56 Å². The van der Waals surface area contributed by atoms with Crippen molar-refractivity contribution in [2.75, 3.05) is 0 Å². The van der Waals surface area contributed by atoms with E-state index in [0.29, 0.717) is 5.39 Å². The molecule has 2 aromatic heterocycles. The van der Waals surface area contributed by atoms with E-state index in [1.54, 1.807) is 0 Å². The van der Waals surface area contributed by atoms with Crippen LogP contribution in [-0.4, -0.2) is 25.7 Å². The van der Waals surface area contributed by atoms with E-state index in [4.69, 9.17) is 0 Å². The van der Waals surface area contributed by atoms with Crippen molar-refractivity contribution < 1.29 is 13.2 Å². The number of fused-ring (bicyclic) bond motifs is 1. The maximum Gasteiger partial charge on any atom is 0.295 e. The topological polar surface area (TPSA) is 52.7 Å². The van der Waals surface area contributed by atoms with Crippen molar-refractivity contribution in [1.29, 1.82) is 0 Å². The highest BCUT2D eigenvalue weighted by Gasteiger charge is 2.41. The number of hydrogen-bond acceptors (Lipinski definition) is 3. The van der Waals surface area contributed by atoms with Crippen LogP contribution in [-0.2, 0) is 6.54 Å². The van der Waals surface area contributed by atoms with Gasteiger partial charge in [-0.25, -0.2) is 17.9 Å². The van der Waals surface area contributed by atoms with Gasteiger partial charge in [-0.05, 0) is 12.1 Å². The Balaban J connectivity index is 1.75. The van der Waals surface area contributed by atoms with E-state index in [-0.39, 0.29) is 24.0 Å². The van der Waals surface area contributed by atoms with Gasteiger partial charge < -0.3 is 0 Å². The molecule has 2 heterocycles. The Hall–Kier alpha value is -2.64.